The molecule has 0 amide bonds. The molecule has 0 bridgehead atoms. The average Bonchev–Trinajstić information content (AvgIpc) is 2.32. The highest BCUT2D eigenvalue weighted by Crippen LogP contribution is 2.27. The molecule has 3 heteroatoms. The minimum Gasteiger partial charge on any atom is -0.398 e. The van der Waals surface area contributed by atoms with Crippen LogP contribution in [0.4, 0.5) is 11.4 Å². The average molecular weight is 229 g/mol. The third kappa shape index (κ3) is 2.71. The Morgan fingerprint density at radius 2 is 2.12 bits per heavy atom. The maximum Gasteiger partial charge on any atom is 0.101 e. The van der Waals surface area contributed by atoms with E-state index in [0.717, 1.165) is 5.69 Å². The van der Waals surface area contributed by atoms with Gasteiger partial charge in [-0.15, -0.1) is 0 Å². The van der Waals surface area contributed by atoms with E-state index in [1.54, 1.807) is 6.07 Å². The van der Waals surface area contributed by atoms with Crippen molar-refractivity contribution in [1.82, 2.24) is 0 Å². The zero-order valence-corrected chi connectivity index (χ0v) is 10.2. The summed E-state index contributed by atoms with van der Waals surface area (Å²) in [6.45, 7) is 2.30. The minimum absolute atomic E-state index is 0.538. The SMILES string of the molecule is CC1CCCCC1Nc1ccc(C#N)c(N)c1. The fraction of sp³-hybridized carbons (Fsp3) is 0.500. The Hall–Kier alpha value is -1.69. The summed E-state index contributed by atoms with van der Waals surface area (Å²) >= 11 is 0. The van der Waals surface area contributed by atoms with E-state index in [9.17, 15) is 0 Å². The van der Waals surface area contributed by atoms with Crippen LogP contribution in [0.3, 0.4) is 0 Å². The van der Waals surface area contributed by atoms with Crippen LogP contribution in [0.15, 0.2) is 18.2 Å². The summed E-state index contributed by atoms with van der Waals surface area (Å²) in [5.41, 5.74) is 7.94. The lowest BCUT2D eigenvalue weighted by atomic mass is 9.86. The Kier molecular flexibility index (Phi) is 3.53. The van der Waals surface area contributed by atoms with E-state index in [0.29, 0.717) is 23.2 Å². The maximum atomic E-state index is 8.82. The molecule has 90 valence electrons. The molecule has 17 heavy (non-hydrogen) atoms. The Labute approximate surface area is 103 Å². The summed E-state index contributed by atoms with van der Waals surface area (Å²) in [6, 6.07) is 8.20. The molecular weight excluding hydrogens is 210 g/mol. The number of anilines is 2. The van der Waals surface area contributed by atoms with Crippen molar-refractivity contribution in [1.29, 1.82) is 5.26 Å². The van der Waals surface area contributed by atoms with Crippen LogP contribution in [0, 0.1) is 17.2 Å². The number of nitrogens with one attached hydrogen (secondary N) is 1. The van der Waals surface area contributed by atoms with Gasteiger partial charge in [0.15, 0.2) is 0 Å². The van der Waals surface area contributed by atoms with Crippen molar-refractivity contribution < 1.29 is 0 Å². The fourth-order valence-electron chi connectivity index (χ4n) is 2.50. The van der Waals surface area contributed by atoms with Crippen LogP contribution in [0.5, 0.6) is 0 Å². The van der Waals surface area contributed by atoms with Gasteiger partial charge in [-0.1, -0.05) is 19.8 Å². The highest BCUT2D eigenvalue weighted by atomic mass is 14.9. The molecule has 3 N–H and O–H groups in total. The first-order valence-corrected chi connectivity index (χ1v) is 6.27. The zero-order chi connectivity index (χ0) is 12.3. The molecule has 2 unspecified atom stereocenters. The third-order valence-corrected chi connectivity index (χ3v) is 3.64. The Morgan fingerprint density at radius 1 is 1.35 bits per heavy atom. The lowest BCUT2D eigenvalue weighted by Crippen LogP contribution is -2.30. The molecule has 0 saturated heterocycles. The number of nitrogens with zero attached hydrogens (tertiary/aromatic N) is 1. The van der Waals surface area contributed by atoms with Crippen molar-refractivity contribution in [3.63, 3.8) is 0 Å². The first-order valence-electron chi connectivity index (χ1n) is 6.27. The molecule has 3 nitrogen and oxygen atoms in total. The van der Waals surface area contributed by atoms with E-state index >= 15 is 0 Å². The number of hydrogen-bond donors (Lipinski definition) is 2. The fourth-order valence-corrected chi connectivity index (χ4v) is 2.50. The van der Waals surface area contributed by atoms with E-state index in [2.05, 4.69) is 18.3 Å². The van der Waals surface area contributed by atoms with Crippen LogP contribution in [0.1, 0.15) is 38.2 Å². The highest BCUT2D eigenvalue weighted by Gasteiger charge is 2.20. The summed E-state index contributed by atoms with van der Waals surface area (Å²) in [5.74, 6) is 0.709. The lowest BCUT2D eigenvalue weighted by Gasteiger charge is -2.30. The molecule has 0 aromatic heterocycles. The first kappa shape index (κ1) is 11.8. The number of nitrogens with two attached hydrogens (primary N) is 1. The third-order valence-electron chi connectivity index (χ3n) is 3.64. The van der Waals surface area contributed by atoms with E-state index in [4.69, 9.17) is 11.0 Å². The molecule has 1 saturated carbocycles. The van der Waals surface area contributed by atoms with Crippen molar-refractivity contribution in [2.75, 3.05) is 11.1 Å². The second kappa shape index (κ2) is 5.09. The van der Waals surface area contributed by atoms with Crippen molar-refractivity contribution in [2.45, 2.75) is 38.6 Å². The molecule has 0 radical (unpaired) electrons. The second-order valence-corrected chi connectivity index (χ2v) is 4.93. The molecule has 1 aliphatic carbocycles. The summed E-state index contributed by atoms with van der Waals surface area (Å²) in [7, 11) is 0. The molecule has 2 rings (SSSR count). The molecule has 1 aliphatic rings. The maximum absolute atomic E-state index is 8.82. The van der Waals surface area contributed by atoms with Gasteiger partial charge in [-0.3, -0.25) is 0 Å². The second-order valence-electron chi connectivity index (χ2n) is 4.93. The van der Waals surface area contributed by atoms with Gasteiger partial charge in [-0.05, 0) is 37.0 Å². The summed E-state index contributed by atoms with van der Waals surface area (Å²) in [6.07, 6.45) is 5.16. The molecule has 0 aliphatic heterocycles. The molecule has 0 spiro atoms. The summed E-state index contributed by atoms with van der Waals surface area (Å²) in [5, 5.41) is 12.4. The lowest BCUT2D eigenvalue weighted by molar-refractivity contribution is 0.349. The van der Waals surface area contributed by atoms with Crippen molar-refractivity contribution >= 4 is 11.4 Å². The van der Waals surface area contributed by atoms with Crippen LogP contribution in [0.25, 0.3) is 0 Å². The van der Waals surface area contributed by atoms with Crippen LogP contribution < -0.4 is 11.1 Å². The van der Waals surface area contributed by atoms with Gasteiger partial charge in [0, 0.05) is 11.7 Å². The van der Waals surface area contributed by atoms with Crippen molar-refractivity contribution in [3.8, 4) is 6.07 Å². The van der Waals surface area contributed by atoms with Gasteiger partial charge in [-0.2, -0.15) is 5.26 Å². The number of hydrogen-bond acceptors (Lipinski definition) is 3. The Balaban J connectivity index is 2.08. The largest absolute Gasteiger partial charge is 0.398 e. The van der Waals surface area contributed by atoms with Crippen molar-refractivity contribution in [2.24, 2.45) is 5.92 Å². The number of rotatable bonds is 2. The van der Waals surface area contributed by atoms with E-state index in [-0.39, 0.29) is 0 Å². The monoisotopic (exact) mass is 229 g/mol. The van der Waals surface area contributed by atoms with Gasteiger partial charge < -0.3 is 11.1 Å². The normalized spacial score (nSPS) is 24.0. The van der Waals surface area contributed by atoms with Crippen LogP contribution in [-0.4, -0.2) is 6.04 Å². The van der Waals surface area contributed by atoms with E-state index in [1.165, 1.54) is 25.7 Å². The van der Waals surface area contributed by atoms with Crippen LogP contribution in [0.2, 0.25) is 0 Å². The Morgan fingerprint density at radius 3 is 2.76 bits per heavy atom. The van der Waals surface area contributed by atoms with Gasteiger partial charge in [0.25, 0.3) is 0 Å². The van der Waals surface area contributed by atoms with Gasteiger partial charge in [-0.25, -0.2) is 0 Å². The van der Waals surface area contributed by atoms with Crippen LogP contribution >= 0.6 is 0 Å². The quantitative estimate of drug-likeness (QED) is 0.766. The van der Waals surface area contributed by atoms with Gasteiger partial charge in [0.1, 0.15) is 6.07 Å². The molecule has 2 atom stereocenters. The number of benzene rings is 1. The van der Waals surface area contributed by atoms with Gasteiger partial charge in [0.05, 0.1) is 11.3 Å². The van der Waals surface area contributed by atoms with Gasteiger partial charge in [0.2, 0.25) is 0 Å². The molecular formula is C14H19N3. The number of nitriles is 1. The highest BCUT2D eigenvalue weighted by molar-refractivity contribution is 5.62. The molecule has 1 aromatic carbocycles. The predicted molar refractivity (Wildman–Crippen MR) is 70.6 cm³/mol. The van der Waals surface area contributed by atoms with Crippen LogP contribution in [-0.2, 0) is 0 Å². The van der Waals surface area contributed by atoms with Gasteiger partial charge >= 0.3 is 0 Å². The smallest absolute Gasteiger partial charge is 0.101 e. The Bertz CT molecular complexity index is 434. The summed E-state index contributed by atoms with van der Waals surface area (Å²) < 4.78 is 0. The predicted octanol–water partition coefficient (Wildman–Crippen LogP) is 3.13. The minimum atomic E-state index is 0.538. The number of nitrogen functional groups attached to an aromatic ring is 1. The molecule has 1 fully saturated rings. The standard InChI is InChI=1S/C14H19N3/c1-10-4-2-3-5-14(10)17-12-7-6-11(9-15)13(16)8-12/h6-8,10,14,17H,2-5,16H2,1H3. The zero-order valence-electron chi connectivity index (χ0n) is 10.2. The molecule has 0 heterocycles. The first-order chi connectivity index (χ1) is 8.20. The van der Waals surface area contributed by atoms with Crippen molar-refractivity contribution in [3.05, 3.63) is 23.8 Å². The molecule has 1 aromatic rings. The van der Waals surface area contributed by atoms with E-state index < -0.39 is 0 Å². The topological polar surface area (TPSA) is 61.8 Å². The van der Waals surface area contributed by atoms with E-state index in [1.807, 2.05) is 12.1 Å². The summed E-state index contributed by atoms with van der Waals surface area (Å²) in [4.78, 5) is 0.